The Kier molecular flexibility index (Phi) is 6.25. The van der Waals surface area contributed by atoms with Crippen molar-refractivity contribution >= 4 is 23.6 Å². The van der Waals surface area contributed by atoms with Gasteiger partial charge in [0.05, 0.1) is 5.71 Å². The molecule has 0 aliphatic carbocycles. The number of hydrogen-bond acceptors (Lipinski definition) is 6. The van der Waals surface area contributed by atoms with Crippen molar-refractivity contribution in [2.75, 3.05) is 26.7 Å². The maximum absolute atomic E-state index is 13.4. The number of carbonyl (C=O) groups is 3. The minimum Gasteiger partial charge on any atom is -0.475 e. The zero-order valence-electron chi connectivity index (χ0n) is 18.2. The number of carbonyl (C=O) groups excluding carboxylic acids is 2. The third-order valence-electron chi connectivity index (χ3n) is 5.90. The summed E-state index contributed by atoms with van der Waals surface area (Å²) in [5.41, 5.74) is 0.733. The fourth-order valence-electron chi connectivity index (χ4n) is 4.36. The van der Waals surface area contributed by atoms with Gasteiger partial charge in [-0.2, -0.15) is 5.10 Å². The third-order valence-corrected chi connectivity index (χ3v) is 5.90. The van der Waals surface area contributed by atoms with E-state index < -0.39 is 23.5 Å². The molecule has 4 rings (SSSR count). The molecule has 10 nitrogen and oxygen atoms in total. The molecule has 3 amide bonds. The van der Waals surface area contributed by atoms with Gasteiger partial charge in [-0.3, -0.25) is 9.59 Å². The fraction of sp³-hybridized carbons (Fsp3) is 0.348. The van der Waals surface area contributed by atoms with Crippen molar-refractivity contribution < 1.29 is 24.2 Å². The van der Waals surface area contributed by atoms with Crippen LogP contribution in [0.4, 0.5) is 4.79 Å². The SMILES string of the molecule is CN1N=C2CCN(C(=O)[C@@H](COc3ccccn3)NC(=O)O)C[C@@]2(Cc2ccccc2)C1=O. The van der Waals surface area contributed by atoms with Gasteiger partial charge in [0.25, 0.3) is 5.91 Å². The standard InChI is InChI=1S/C23H25N5O5/c1-27-21(30)23(13-16-7-3-2-4-8-16)15-28(12-10-18(23)26-27)20(29)17(25-22(31)32)14-33-19-9-5-6-11-24-19/h2-9,11,17,25H,10,12-15H2,1H3,(H,31,32)/t17-,23-/m1/s1. The molecule has 33 heavy (non-hydrogen) atoms. The van der Waals surface area contributed by atoms with E-state index in [9.17, 15) is 19.5 Å². The van der Waals surface area contributed by atoms with Gasteiger partial charge in [0.1, 0.15) is 18.1 Å². The number of fused-ring (bicyclic) bond motifs is 1. The van der Waals surface area contributed by atoms with E-state index in [1.165, 1.54) is 16.1 Å². The number of piperidine rings is 1. The van der Waals surface area contributed by atoms with Gasteiger partial charge in [0.2, 0.25) is 11.8 Å². The second-order valence-electron chi connectivity index (χ2n) is 8.11. The van der Waals surface area contributed by atoms with Crippen molar-refractivity contribution in [3.8, 4) is 5.88 Å². The lowest BCUT2D eigenvalue weighted by atomic mass is 9.73. The topological polar surface area (TPSA) is 124 Å². The lowest BCUT2D eigenvalue weighted by molar-refractivity contribution is -0.141. The molecular formula is C23H25N5O5. The van der Waals surface area contributed by atoms with Gasteiger partial charge in [0, 0.05) is 38.8 Å². The Balaban J connectivity index is 1.55. The van der Waals surface area contributed by atoms with Gasteiger partial charge in [-0.25, -0.2) is 14.8 Å². The van der Waals surface area contributed by atoms with E-state index in [1.807, 2.05) is 30.3 Å². The number of pyridine rings is 1. The molecule has 2 aliphatic rings. The highest BCUT2D eigenvalue weighted by Crippen LogP contribution is 2.38. The Morgan fingerprint density at radius 3 is 2.67 bits per heavy atom. The van der Waals surface area contributed by atoms with E-state index in [0.29, 0.717) is 19.4 Å². The summed E-state index contributed by atoms with van der Waals surface area (Å²) in [7, 11) is 1.61. The largest absolute Gasteiger partial charge is 0.475 e. The van der Waals surface area contributed by atoms with Crippen LogP contribution in [0.2, 0.25) is 0 Å². The third kappa shape index (κ3) is 4.64. The molecule has 0 spiro atoms. The van der Waals surface area contributed by atoms with Gasteiger partial charge < -0.3 is 20.1 Å². The average Bonchev–Trinajstić information content (AvgIpc) is 3.06. The van der Waals surface area contributed by atoms with Crippen molar-refractivity contribution in [1.82, 2.24) is 20.2 Å². The summed E-state index contributed by atoms with van der Waals surface area (Å²) in [6.07, 6.45) is 1.03. The second-order valence-corrected chi connectivity index (χ2v) is 8.11. The molecule has 2 aliphatic heterocycles. The lowest BCUT2D eigenvalue weighted by Gasteiger charge is -2.40. The summed E-state index contributed by atoms with van der Waals surface area (Å²) in [6.45, 7) is 0.222. The van der Waals surface area contributed by atoms with Crippen molar-refractivity contribution in [3.05, 3.63) is 60.3 Å². The van der Waals surface area contributed by atoms with E-state index >= 15 is 0 Å². The maximum atomic E-state index is 13.4. The van der Waals surface area contributed by atoms with E-state index in [1.54, 1.807) is 25.2 Å². The molecule has 2 aromatic rings. The molecule has 2 atom stereocenters. The number of aromatic nitrogens is 1. The van der Waals surface area contributed by atoms with Crippen LogP contribution in [0.3, 0.4) is 0 Å². The highest BCUT2D eigenvalue weighted by atomic mass is 16.5. The number of hydrogen-bond donors (Lipinski definition) is 2. The Bertz CT molecular complexity index is 1060. The summed E-state index contributed by atoms with van der Waals surface area (Å²) < 4.78 is 5.54. The molecule has 3 heterocycles. The van der Waals surface area contributed by atoms with E-state index in [4.69, 9.17) is 4.74 Å². The Morgan fingerprint density at radius 1 is 1.21 bits per heavy atom. The molecule has 10 heteroatoms. The Morgan fingerprint density at radius 2 is 1.97 bits per heavy atom. The number of carboxylic acid groups (broad SMARTS) is 1. The van der Waals surface area contributed by atoms with Crippen LogP contribution in [0.15, 0.2) is 59.8 Å². The normalized spacial score (nSPS) is 20.6. The van der Waals surface area contributed by atoms with Crippen LogP contribution in [0.25, 0.3) is 0 Å². The van der Waals surface area contributed by atoms with Gasteiger partial charge in [-0.05, 0) is 18.1 Å². The van der Waals surface area contributed by atoms with Crippen LogP contribution in [0.5, 0.6) is 5.88 Å². The molecule has 0 unspecified atom stereocenters. The second kappa shape index (κ2) is 9.27. The number of nitrogens with zero attached hydrogens (tertiary/aromatic N) is 4. The fourth-order valence-corrected chi connectivity index (χ4v) is 4.36. The van der Waals surface area contributed by atoms with Gasteiger partial charge in [0.15, 0.2) is 0 Å². The molecule has 0 bridgehead atoms. The summed E-state index contributed by atoms with van der Waals surface area (Å²) in [5, 5.41) is 17.3. The minimum atomic E-state index is -1.34. The number of ether oxygens (including phenoxy) is 1. The molecule has 1 aromatic heterocycles. The van der Waals surface area contributed by atoms with E-state index in [2.05, 4.69) is 15.4 Å². The number of benzene rings is 1. The predicted octanol–water partition coefficient (Wildman–Crippen LogP) is 1.39. The van der Waals surface area contributed by atoms with Crippen LogP contribution in [0, 0.1) is 5.41 Å². The molecular weight excluding hydrogens is 426 g/mol. The first-order valence-electron chi connectivity index (χ1n) is 10.6. The van der Waals surface area contributed by atoms with Crippen LogP contribution < -0.4 is 10.1 Å². The first kappa shape index (κ1) is 22.3. The number of hydrazone groups is 1. The van der Waals surface area contributed by atoms with Crippen LogP contribution in [0.1, 0.15) is 12.0 Å². The molecule has 1 fully saturated rings. The predicted molar refractivity (Wildman–Crippen MR) is 119 cm³/mol. The minimum absolute atomic E-state index is 0.115. The van der Waals surface area contributed by atoms with Crippen LogP contribution >= 0.6 is 0 Å². The maximum Gasteiger partial charge on any atom is 0.405 e. The Labute approximate surface area is 190 Å². The first-order valence-corrected chi connectivity index (χ1v) is 10.6. The highest BCUT2D eigenvalue weighted by molar-refractivity contribution is 6.13. The number of nitrogens with one attached hydrogen (secondary N) is 1. The molecule has 0 radical (unpaired) electrons. The smallest absolute Gasteiger partial charge is 0.405 e. The molecule has 0 saturated carbocycles. The van der Waals surface area contributed by atoms with Gasteiger partial charge >= 0.3 is 6.09 Å². The molecule has 172 valence electrons. The summed E-state index contributed by atoms with van der Waals surface area (Å²) in [4.78, 5) is 43.5. The van der Waals surface area contributed by atoms with Crippen molar-refractivity contribution in [3.63, 3.8) is 0 Å². The average molecular weight is 451 g/mol. The van der Waals surface area contributed by atoms with Crippen molar-refractivity contribution in [1.29, 1.82) is 0 Å². The number of rotatable bonds is 7. The zero-order chi connectivity index (χ0) is 23.4. The highest BCUT2D eigenvalue weighted by Gasteiger charge is 2.53. The number of amides is 3. The van der Waals surface area contributed by atoms with Crippen LogP contribution in [-0.2, 0) is 16.0 Å². The quantitative estimate of drug-likeness (QED) is 0.656. The summed E-state index contributed by atoms with van der Waals surface area (Å²) >= 11 is 0. The van der Waals surface area contributed by atoms with Crippen LogP contribution in [-0.4, -0.2) is 76.4 Å². The molecule has 1 aromatic carbocycles. The zero-order valence-corrected chi connectivity index (χ0v) is 18.2. The Hall–Kier alpha value is -3.95. The monoisotopic (exact) mass is 451 g/mol. The molecule has 2 N–H and O–H groups in total. The van der Waals surface area contributed by atoms with Gasteiger partial charge in [-0.1, -0.05) is 36.4 Å². The lowest BCUT2D eigenvalue weighted by Crippen LogP contribution is -2.59. The summed E-state index contributed by atoms with van der Waals surface area (Å²) in [5.74, 6) is -0.350. The molecule has 1 saturated heterocycles. The number of likely N-dealkylation sites (tertiary alicyclic amines) is 1. The van der Waals surface area contributed by atoms with E-state index in [-0.39, 0.29) is 24.9 Å². The first-order chi connectivity index (χ1) is 15.9. The van der Waals surface area contributed by atoms with Crippen molar-refractivity contribution in [2.45, 2.75) is 18.9 Å². The van der Waals surface area contributed by atoms with Gasteiger partial charge in [-0.15, -0.1) is 0 Å². The van der Waals surface area contributed by atoms with Crippen molar-refractivity contribution in [2.24, 2.45) is 10.5 Å². The van der Waals surface area contributed by atoms with E-state index in [0.717, 1.165) is 11.3 Å². The summed E-state index contributed by atoms with van der Waals surface area (Å²) in [6, 6.07) is 13.5.